The predicted molar refractivity (Wildman–Crippen MR) is 74.7 cm³/mol. The molecule has 1 aromatic rings. The van der Waals surface area contributed by atoms with E-state index < -0.39 is 0 Å². The maximum absolute atomic E-state index is 5.87. The van der Waals surface area contributed by atoms with Crippen LogP contribution in [-0.4, -0.2) is 34.6 Å². The Morgan fingerprint density at radius 2 is 2.17 bits per heavy atom. The van der Waals surface area contributed by atoms with Crippen molar-refractivity contribution in [3.05, 3.63) is 18.0 Å². The SMILES string of the molecule is CCCNC(COC(C)(C)C)Cc1ccn(C)n1. The molecular weight excluding hydrogens is 226 g/mol. The van der Waals surface area contributed by atoms with Gasteiger partial charge in [-0.1, -0.05) is 6.92 Å². The molecule has 0 fully saturated rings. The number of nitrogens with zero attached hydrogens (tertiary/aromatic N) is 2. The van der Waals surface area contributed by atoms with Crippen LogP contribution in [0.3, 0.4) is 0 Å². The van der Waals surface area contributed by atoms with E-state index in [1.807, 2.05) is 17.9 Å². The van der Waals surface area contributed by atoms with Crippen LogP contribution in [0.2, 0.25) is 0 Å². The van der Waals surface area contributed by atoms with Gasteiger partial charge in [0, 0.05) is 25.7 Å². The Morgan fingerprint density at radius 3 is 2.67 bits per heavy atom. The fourth-order valence-electron chi connectivity index (χ4n) is 1.71. The van der Waals surface area contributed by atoms with Gasteiger partial charge in [0.15, 0.2) is 0 Å². The van der Waals surface area contributed by atoms with E-state index in [4.69, 9.17) is 4.74 Å². The molecule has 4 heteroatoms. The second-order valence-corrected chi connectivity index (χ2v) is 5.76. The van der Waals surface area contributed by atoms with Crippen LogP contribution in [-0.2, 0) is 18.2 Å². The van der Waals surface area contributed by atoms with Crippen LogP contribution in [0.5, 0.6) is 0 Å². The van der Waals surface area contributed by atoms with Crippen LogP contribution in [0.15, 0.2) is 12.3 Å². The lowest BCUT2D eigenvalue weighted by molar-refractivity contribution is -0.0144. The van der Waals surface area contributed by atoms with Gasteiger partial charge in [-0.2, -0.15) is 5.10 Å². The molecule has 104 valence electrons. The summed E-state index contributed by atoms with van der Waals surface area (Å²) in [6.45, 7) is 10.2. The fourth-order valence-corrected chi connectivity index (χ4v) is 1.71. The Morgan fingerprint density at radius 1 is 1.44 bits per heavy atom. The average Bonchev–Trinajstić information content (AvgIpc) is 2.67. The normalized spacial score (nSPS) is 13.8. The number of hydrogen-bond donors (Lipinski definition) is 1. The number of rotatable bonds is 7. The van der Waals surface area contributed by atoms with E-state index in [9.17, 15) is 0 Å². The lowest BCUT2D eigenvalue weighted by Gasteiger charge is -2.25. The van der Waals surface area contributed by atoms with Crippen LogP contribution < -0.4 is 5.32 Å². The van der Waals surface area contributed by atoms with Crippen LogP contribution in [0.25, 0.3) is 0 Å². The molecule has 1 N–H and O–H groups in total. The van der Waals surface area contributed by atoms with Crippen molar-refractivity contribution in [1.29, 1.82) is 0 Å². The standard InChI is InChI=1S/C14H27N3O/c1-6-8-15-13(11-18-14(2,3)4)10-12-7-9-17(5)16-12/h7,9,13,15H,6,8,10-11H2,1-5H3. The zero-order valence-corrected chi connectivity index (χ0v) is 12.4. The van der Waals surface area contributed by atoms with Crippen molar-refractivity contribution < 1.29 is 4.74 Å². The summed E-state index contributed by atoms with van der Waals surface area (Å²) in [6.07, 6.45) is 4.03. The highest BCUT2D eigenvalue weighted by Gasteiger charge is 2.16. The first kappa shape index (κ1) is 15.2. The third kappa shape index (κ3) is 6.17. The molecule has 0 aliphatic carbocycles. The Hall–Kier alpha value is -0.870. The maximum Gasteiger partial charge on any atom is 0.0640 e. The van der Waals surface area contributed by atoms with Crippen LogP contribution in [0.1, 0.15) is 39.8 Å². The minimum Gasteiger partial charge on any atom is -0.374 e. The molecule has 1 unspecified atom stereocenters. The minimum absolute atomic E-state index is 0.0870. The molecular formula is C14H27N3O. The first-order valence-electron chi connectivity index (χ1n) is 6.76. The molecule has 1 aromatic heterocycles. The van der Waals surface area contributed by atoms with Gasteiger partial charge in [0.05, 0.1) is 17.9 Å². The molecule has 4 nitrogen and oxygen atoms in total. The van der Waals surface area contributed by atoms with Gasteiger partial charge < -0.3 is 10.1 Å². The molecule has 0 aliphatic heterocycles. The molecule has 1 atom stereocenters. The minimum atomic E-state index is -0.0870. The molecule has 0 aromatic carbocycles. The van der Waals surface area contributed by atoms with Gasteiger partial charge in [0.1, 0.15) is 0 Å². The number of aromatic nitrogens is 2. The predicted octanol–water partition coefficient (Wildman–Crippen LogP) is 2.15. The van der Waals surface area contributed by atoms with E-state index in [0.717, 1.165) is 31.7 Å². The highest BCUT2D eigenvalue weighted by atomic mass is 16.5. The van der Waals surface area contributed by atoms with E-state index in [0.29, 0.717) is 6.04 Å². The summed E-state index contributed by atoms with van der Waals surface area (Å²) in [7, 11) is 1.95. The quantitative estimate of drug-likeness (QED) is 0.809. The van der Waals surface area contributed by atoms with Gasteiger partial charge in [-0.15, -0.1) is 0 Å². The third-order valence-electron chi connectivity index (χ3n) is 2.62. The monoisotopic (exact) mass is 253 g/mol. The number of hydrogen-bond acceptors (Lipinski definition) is 3. The largest absolute Gasteiger partial charge is 0.374 e. The summed E-state index contributed by atoms with van der Waals surface area (Å²) in [4.78, 5) is 0. The lowest BCUT2D eigenvalue weighted by Crippen LogP contribution is -2.38. The van der Waals surface area contributed by atoms with E-state index >= 15 is 0 Å². The van der Waals surface area contributed by atoms with Crippen LogP contribution in [0, 0.1) is 0 Å². The lowest BCUT2D eigenvalue weighted by atomic mass is 10.1. The zero-order chi connectivity index (χ0) is 13.6. The summed E-state index contributed by atoms with van der Waals surface area (Å²) in [5.74, 6) is 0. The van der Waals surface area contributed by atoms with Crippen LogP contribution >= 0.6 is 0 Å². The Labute approximate surface area is 111 Å². The second-order valence-electron chi connectivity index (χ2n) is 5.76. The smallest absolute Gasteiger partial charge is 0.0640 e. The van der Waals surface area contributed by atoms with Crippen molar-refractivity contribution in [2.75, 3.05) is 13.2 Å². The first-order chi connectivity index (χ1) is 8.40. The third-order valence-corrected chi connectivity index (χ3v) is 2.62. The molecule has 0 amide bonds. The molecule has 18 heavy (non-hydrogen) atoms. The number of nitrogens with one attached hydrogen (secondary N) is 1. The van der Waals surface area contributed by atoms with E-state index in [2.05, 4.69) is 44.2 Å². The van der Waals surface area contributed by atoms with Crippen molar-refractivity contribution in [2.45, 2.75) is 52.2 Å². The van der Waals surface area contributed by atoms with Crippen molar-refractivity contribution in [2.24, 2.45) is 7.05 Å². The Balaban J connectivity index is 2.49. The summed E-state index contributed by atoms with van der Waals surface area (Å²) in [5.41, 5.74) is 1.03. The molecule has 1 rings (SSSR count). The molecule has 0 saturated heterocycles. The molecule has 0 saturated carbocycles. The molecule has 0 aliphatic rings. The maximum atomic E-state index is 5.87. The van der Waals surface area contributed by atoms with Crippen molar-refractivity contribution in [1.82, 2.24) is 15.1 Å². The zero-order valence-electron chi connectivity index (χ0n) is 12.4. The average molecular weight is 253 g/mol. The van der Waals surface area contributed by atoms with Gasteiger partial charge in [0.2, 0.25) is 0 Å². The van der Waals surface area contributed by atoms with Crippen LogP contribution in [0.4, 0.5) is 0 Å². The fraction of sp³-hybridized carbons (Fsp3) is 0.786. The van der Waals surface area contributed by atoms with Crippen molar-refractivity contribution >= 4 is 0 Å². The van der Waals surface area contributed by atoms with Gasteiger partial charge in [-0.05, 0) is 39.8 Å². The van der Waals surface area contributed by atoms with Gasteiger partial charge in [0.25, 0.3) is 0 Å². The Kier molecular flexibility index (Phi) is 5.82. The molecule has 1 heterocycles. The first-order valence-corrected chi connectivity index (χ1v) is 6.76. The van der Waals surface area contributed by atoms with Crippen molar-refractivity contribution in [3.63, 3.8) is 0 Å². The van der Waals surface area contributed by atoms with E-state index in [1.165, 1.54) is 0 Å². The van der Waals surface area contributed by atoms with Gasteiger partial charge >= 0.3 is 0 Å². The van der Waals surface area contributed by atoms with Crippen molar-refractivity contribution in [3.8, 4) is 0 Å². The highest BCUT2D eigenvalue weighted by Crippen LogP contribution is 2.09. The molecule has 0 spiro atoms. The number of aryl methyl sites for hydroxylation is 1. The second kappa shape index (κ2) is 6.90. The summed E-state index contributed by atoms with van der Waals surface area (Å²) >= 11 is 0. The molecule has 0 bridgehead atoms. The summed E-state index contributed by atoms with van der Waals surface area (Å²) in [5, 5.41) is 7.95. The molecule has 0 radical (unpaired) electrons. The highest BCUT2D eigenvalue weighted by molar-refractivity contribution is 5.01. The van der Waals surface area contributed by atoms with Gasteiger partial charge in [-0.3, -0.25) is 4.68 Å². The van der Waals surface area contributed by atoms with Gasteiger partial charge in [-0.25, -0.2) is 0 Å². The Bertz CT molecular complexity index is 341. The topological polar surface area (TPSA) is 39.1 Å². The van der Waals surface area contributed by atoms with E-state index in [-0.39, 0.29) is 5.60 Å². The number of ether oxygens (including phenoxy) is 1. The summed E-state index contributed by atoms with van der Waals surface area (Å²) in [6, 6.07) is 2.40. The van der Waals surface area contributed by atoms with E-state index in [1.54, 1.807) is 0 Å². The summed E-state index contributed by atoms with van der Waals surface area (Å²) < 4.78 is 7.71.